The van der Waals surface area contributed by atoms with Gasteiger partial charge in [0, 0.05) is 21.4 Å². The van der Waals surface area contributed by atoms with Gasteiger partial charge in [0.1, 0.15) is 5.75 Å². The molecule has 4 nitrogen and oxygen atoms in total. The van der Waals surface area contributed by atoms with Gasteiger partial charge in [0.05, 0.1) is 5.69 Å². The van der Waals surface area contributed by atoms with Gasteiger partial charge >= 0.3 is 6.03 Å². The number of hydrogen-bond acceptors (Lipinski definition) is 2. The summed E-state index contributed by atoms with van der Waals surface area (Å²) in [7, 11) is 0. The quantitative estimate of drug-likeness (QED) is 0.589. The van der Waals surface area contributed by atoms with Crippen molar-refractivity contribution in [2.45, 2.75) is 0 Å². The zero-order valence-corrected chi connectivity index (χ0v) is 14.2. The van der Waals surface area contributed by atoms with Crippen LogP contribution in [-0.4, -0.2) is 11.1 Å². The Morgan fingerprint density at radius 1 is 1.00 bits per heavy atom. The average Bonchev–Trinajstić information content (AvgIpc) is 2.56. The van der Waals surface area contributed by atoms with Crippen LogP contribution < -0.4 is 10.6 Å². The first-order valence-corrected chi connectivity index (χ1v) is 8.13. The van der Waals surface area contributed by atoms with Crippen LogP contribution in [0.3, 0.4) is 0 Å². The summed E-state index contributed by atoms with van der Waals surface area (Å²) in [6.07, 6.45) is 3.39. The second kappa shape index (κ2) is 7.19. The number of rotatable bonds is 3. The summed E-state index contributed by atoms with van der Waals surface area (Å²) in [6, 6.07) is 18.0. The van der Waals surface area contributed by atoms with Gasteiger partial charge in [-0.2, -0.15) is 0 Å². The summed E-state index contributed by atoms with van der Waals surface area (Å²) in [4.78, 5) is 12.1. The van der Waals surface area contributed by atoms with Crippen molar-refractivity contribution in [3.63, 3.8) is 0 Å². The number of nitrogens with one attached hydrogen (secondary N) is 2. The lowest BCUT2D eigenvalue weighted by Gasteiger charge is -2.09. The van der Waals surface area contributed by atoms with E-state index in [4.69, 9.17) is 0 Å². The van der Waals surface area contributed by atoms with Crippen LogP contribution >= 0.6 is 15.9 Å². The molecular formula is C19H15BrN2O2. The van der Waals surface area contributed by atoms with E-state index in [-0.39, 0.29) is 11.8 Å². The Kier molecular flexibility index (Phi) is 4.82. The number of anilines is 1. The number of phenolic OH excluding ortho intramolecular Hbond substituents is 1. The fourth-order valence-corrected chi connectivity index (χ4v) is 2.80. The number of carbonyl (C=O) groups excluding carboxylic acids is 1. The highest BCUT2D eigenvalue weighted by Gasteiger charge is 2.06. The number of benzene rings is 3. The lowest BCUT2D eigenvalue weighted by molar-refractivity contribution is 0.255. The number of carbonyl (C=O) groups is 1. The molecule has 0 saturated heterocycles. The lowest BCUT2D eigenvalue weighted by Crippen LogP contribution is -2.23. The Morgan fingerprint density at radius 2 is 1.75 bits per heavy atom. The van der Waals surface area contributed by atoms with Crippen molar-refractivity contribution >= 4 is 44.5 Å². The van der Waals surface area contributed by atoms with E-state index in [0.717, 1.165) is 15.4 Å². The number of aromatic hydroxyl groups is 1. The molecule has 0 spiro atoms. The Hall–Kier alpha value is -2.79. The summed E-state index contributed by atoms with van der Waals surface area (Å²) >= 11 is 3.40. The van der Waals surface area contributed by atoms with Gasteiger partial charge in [0.2, 0.25) is 0 Å². The van der Waals surface area contributed by atoms with Crippen LogP contribution in [0.25, 0.3) is 16.8 Å². The van der Waals surface area contributed by atoms with Crippen LogP contribution in [0.4, 0.5) is 10.5 Å². The van der Waals surface area contributed by atoms with Gasteiger partial charge in [-0.15, -0.1) is 0 Å². The van der Waals surface area contributed by atoms with Crippen molar-refractivity contribution in [2.24, 2.45) is 0 Å². The van der Waals surface area contributed by atoms with Gasteiger partial charge in [-0.3, -0.25) is 0 Å². The van der Waals surface area contributed by atoms with E-state index in [2.05, 4.69) is 26.6 Å². The normalized spacial score (nSPS) is 10.9. The minimum Gasteiger partial charge on any atom is -0.507 e. The molecule has 3 rings (SSSR count). The van der Waals surface area contributed by atoms with Crippen molar-refractivity contribution in [3.8, 4) is 5.75 Å². The number of urea groups is 1. The molecule has 3 aromatic carbocycles. The first-order chi connectivity index (χ1) is 11.6. The molecule has 0 aliphatic heterocycles. The van der Waals surface area contributed by atoms with Crippen molar-refractivity contribution in [1.29, 1.82) is 0 Å². The molecule has 0 unspecified atom stereocenters. The van der Waals surface area contributed by atoms with Gasteiger partial charge in [0.15, 0.2) is 0 Å². The van der Waals surface area contributed by atoms with Crippen LogP contribution in [-0.2, 0) is 0 Å². The molecule has 0 aliphatic rings. The standard InChI is InChI=1S/C19H15BrN2O2/c20-14-5-1-4-13(12-14)10-11-21-19(24)22-17-8-2-7-16-15(17)6-3-9-18(16)23/h1-12,23H,(H2,21,22,24)/b11-10+. The molecule has 0 bridgehead atoms. The molecule has 0 radical (unpaired) electrons. The molecular weight excluding hydrogens is 368 g/mol. The van der Waals surface area contributed by atoms with Gasteiger partial charge in [-0.05, 0) is 35.9 Å². The van der Waals surface area contributed by atoms with Crippen molar-refractivity contribution in [2.75, 3.05) is 5.32 Å². The third-order valence-electron chi connectivity index (χ3n) is 3.49. The highest BCUT2D eigenvalue weighted by molar-refractivity contribution is 9.10. The third kappa shape index (κ3) is 3.75. The maximum Gasteiger partial charge on any atom is 0.323 e. The Morgan fingerprint density at radius 3 is 2.58 bits per heavy atom. The number of phenols is 1. The summed E-state index contributed by atoms with van der Waals surface area (Å²) in [5.41, 5.74) is 1.61. The minimum atomic E-state index is -0.350. The van der Waals surface area contributed by atoms with Crippen molar-refractivity contribution < 1.29 is 9.90 Å². The van der Waals surface area contributed by atoms with Crippen LogP contribution in [0.15, 0.2) is 71.3 Å². The molecule has 0 fully saturated rings. The fraction of sp³-hybridized carbons (Fsp3) is 0. The van der Waals surface area contributed by atoms with E-state index < -0.39 is 0 Å². The zero-order chi connectivity index (χ0) is 16.9. The SMILES string of the molecule is O=C(N/C=C/c1cccc(Br)c1)Nc1cccc2c(O)cccc12. The molecule has 0 heterocycles. The molecule has 5 heteroatoms. The molecule has 24 heavy (non-hydrogen) atoms. The summed E-state index contributed by atoms with van der Waals surface area (Å²) in [5, 5.41) is 16.8. The number of amides is 2. The number of fused-ring (bicyclic) bond motifs is 1. The largest absolute Gasteiger partial charge is 0.507 e. The highest BCUT2D eigenvalue weighted by atomic mass is 79.9. The minimum absolute atomic E-state index is 0.186. The predicted octanol–water partition coefficient (Wildman–Crippen LogP) is 5.10. The molecule has 0 atom stereocenters. The van der Waals surface area contributed by atoms with Crippen molar-refractivity contribution in [3.05, 3.63) is 76.9 Å². The third-order valence-corrected chi connectivity index (χ3v) is 3.98. The molecule has 3 N–H and O–H groups in total. The first-order valence-electron chi connectivity index (χ1n) is 7.34. The van der Waals surface area contributed by atoms with Crippen LogP contribution in [0, 0.1) is 0 Å². The van der Waals surface area contributed by atoms with E-state index in [1.807, 2.05) is 30.3 Å². The average molecular weight is 383 g/mol. The van der Waals surface area contributed by atoms with Gasteiger partial charge in [-0.1, -0.05) is 52.3 Å². The molecule has 0 saturated carbocycles. The Bertz CT molecular complexity index is 922. The van der Waals surface area contributed by atoms with Crippen LogP contribution in [0.5, 0.6) is 5.75 Å². The zero-order valence-electron chi connectivity index (χ0n) is 12.7. The van der Waals surface area contributed by atoms with Gasteiger partial charge in [-0.25, -0.2) is 4.79 Å². The Balaban J connectivity index is 1.70. The molecule has 3 aromatic rings. The maximum atomic E-state index is 12.1. The topological polar surface area (TPSA) is 61.4 Å². The first kappa shape index (κ1) is 16.1. The van der Waals surface area contributed by atoms with E-state index in [1.165, 1.54) is 0 Å². The lowest BCUT2D eigenvalue weighted by atomic mass is 10.1. The fourth-order valence-electron chi connectivity index (χ4n) is 2.38. The number of hydrogen-bond donors (Lipinski definition) is 3. The molecule has 0 aromatic heterocycles. The maximum absolute atomic E-state index is 12.1. The molecule has 2 amide bonds. The highest BCUT2D eigenvalue weighted by Crippen LogP contribution is 2.29. The van der Waals surface area contributed by atoms with E-state index >= 15 is 0 Å². The van der Waals surface area contributed by atoms with E-state index in [0.29, 0.717) is 11.1 Å². The van der Waals surface area contributed by atoms with Crippen LogP contribution in [0.2, 0.25) is 0 Å². The monoisotopic (exact) mass is 382 g/mol. The number of halogens is 1. The second-order valence-electron chi connectivity index (χ2n) is 5.16. The molecule has 120 valence electrons. The van der Waals surface area contributed by atoms with Crippen LogP contribution in [0.1, 0.15) is 5.56 Å². The van der Waals surface area contributed by atoms with E-state index in [9.17, 15) is 9.90 Å². The van der Waals surface area contributed by atoms with Gasteiger partial charge in [0.25, 0.3) is 0 Å². The summed E-state index contributed by atoms with van der Waals surface area (Å²) in [6.45, 7) is 0. The summed E-state index contributed by atoms with van der Waals surface area (Å²) in [5.74, 6) is 0.186. The smallest absolute Gasteiger partial charge is 0.323 e. The second-order valence-corrected chi connectivity index (χ2v) is 6.08. The summed E-state index contributed by atoms with van der Waals surface area (Å²) < 4.78 is 0.977. The van der Waals surface area contributed by atoms with E-state index in [1.54, 1.807) is 42.6 Å². The Labute approximate surface area is 147 Å². The van der Waals surface area contributed by atoms with Gasteiger partial charge < -0.3 is 15.7 Å². The predicted molar refractivity (Wildman–Crippen MR) is 101 cm³/mol. The molecule has 0 aliphatic carbocycles. The van der Waals surface area contributed by atoms with Crippen molar-refractivity contribution in [1.82, 2.24) is 5.32 Å².